The van der Waals surface area contributed by atoms with Gasteiger partial charge >= 0.3 is 0 Å². The van der Waals surface area contributed by atoms with Crippen LogP contribution in [0.15, 0.2) is 23.2 Å². The Morgan fingerprint density at radius 1 is 1.50 bits per heavy atom. The zero-order chi connectivity index (χ0) is 15.5. The molecule has 22 heavy (non-hydrogen) atoms. The fraction of sp³-hybridized carbons (Fsp3) is 0.667. The zero-order valence-corrected chi connectivity index (χ0v) is 13.3. The first-order chi connectivity index (χ1) is 10.4. The van der Waals surface area contributed by atoms with Crippen molar-refractivity contribution in [2.45, 2.75) is 29.4 Å². The van der Waals surface area contributed by atoms with Gasteiger partial charge in [0.2, 0.25) is 0 Å². The molecule has 1 spiro atoms. The van der Waals surface area contributed by atoms with E-state index in [9.17, 15) is 13.5 Å². The SMILES string of the molecule is CS(=O)(=O)c1ccc(N2C[C@H]3[C@@H](CO)[C@@H]4CC[C@@]3(C2)O4)nc1. The van der Waals surface area contributed by atoms with Gasteiger partial charge in [-0.1, -0.05) is 0 Å². The predicted octanol–water partition coefficient (Wildman–Crippen LogP) is 0.461. The molecule has 0 saturated carbocycles. The van der Waals surface area contributed by atoms with E-state index in [2.05, 4.69) is 9.88 Å². The van der Waals surface area contributed by atoms with E-state index in [0.29, 0.717) is 5.92 Å². The van der Waals surface area contributed by atoms with Gasteiger partial charge in [-0.15, -0.1) is 0 Å². The highest BCUT2D eigenvalue weighted by Gasteiger charge is 2.62. The maximum Gasteiger partial charge on any atom is 0.177 e. The van der Waals surface area contributed by atoms with Crippen LogP contribution in [0.1, 0.15) is 12.8 Å². The van der Waals surface area contributed by atoms with Crippen molar-refractivity contribution in [3.05, 3.63) is 18.3 Å². The van der Waals surface area contributed by atoms with Crippen LogP contribution < -0.4 is 4.90 Å². The van der Waals surface area contributed by atoms with Crippen molar-refractivity contribution in [1.29, 1.82) is 0 Å². The summed E-state index contributed by atoms with van der Waals surface area (Å²) < 4.78 is 29.2. The van der Waals surface area contributed by atoms with E-state index in [4.69, 9.17) is 4.74 Å². The number of nitrogens with zero attached hydrogens (tertiary/aromatic N) is 2. The molecule has 7 heteroatoms. The van der Waals surface area contributed by atoms with Gasteiger partial charge in [-0.25, -0.2) is 13.4 Å². The number of hydrogen-bond donors (Lipinski definition) is 1. The van der Waals surface area contributed by atoms with Crippen LogP contribution in [0.3, 0.4) is 0 Å². The number of pyridine rings is 1. The maximum absolute atomic E-state index is 11.5. The molecule has 4 atom stereocenters. The van der Waals surface area contributed by atoms with E-state index in [0.717, 1.165) is 31.7 Å². The van der Waals surface area contributed by atoms with Crippen molar-refractivity contribution in [3.8, 4) is 0 Å². The Labute approximate surface area is 130 Å². The number of aliphatic hydroxyl groups excluding tert-OH is 1. The van der Waals surface area contributed by atoms with E-state index in [1.165, 1.54) is 12.5 Å². The van der Waals surface area contributed by atoms with Crippen molar-refractivity contribution in [1.82, 2.24) is 4.98 Å². The molecular weight excluding hydrogens is 304 g/mol. The van der Waals surface area contributed by atoms with Gasteiger partial charge in [0.05, 0.1) is 16.6 Å². The molecule has 0 unspecified atom stereocenters. The van der Waals surface area contributed by atoms with Gasteiger partial charge in [-0.2, -0.15) is 0 Å². The second-order valence-electron chi connectivity index (χ2n) is 6.72. The molecule has 0 radical (unpaired) electrons. The van der Waals surface area contributed by atoms with E-state index in [1.54, 1.807) is 12.1 Å². The molecule has 3 fully saturated rings. The van der Waals surface area contributed by atoms with Gasteiger partial charge in [-0.05, 0) is 25.0 Å². The lowest BCUT2D eigenvalue weighted by Gasteiger charge is -2.27. The van der Waals surface area contributed by atoms with Crippen LogP contribution in [-0.4, -0.2) is 56.2 Å². The summed E-state index contributed by atoms with van der Waals surface area (Å²) in [6.45, 7) is 1.76. The zero-order valence-electron chi connectivity index (χ0n) is 12.5. The van der Waals surface area contributed by atoms with Gasteiger partial charge in [0.15, 0.2) is 9.84 Å². The average Bonchev–Trinajstić information content (AvgIpc) is 3.13. The Bertz CT molecular complexity index is 690. The Morgan fingerprint density at radius 3 is 2.95 bits per heavy atom. The lowest BCUT2D eigenvalue weighted by atomic mass is 9.74. The number of hydrogen-bond acceptors (Lipinski definition) is 6. The quantitative estimate of drug-likeness (QED) is 0.870. The van der Waals surface area contributed by atoms with Crippen LogP contribution in [0.5, 0.6) is 0 Å². The van der Waals surface area contributed by atoms with Crippen LogP contribution in [0.25, 0.3) is 0 Å². The minimum absolute atomic E-state index is 0.144. The first kappa shape index (κ1) is 14.4. The topological polar surface area (TPSA) is 79.7 Å². The Morgan fingerprint density at radius 2 is 2.32 bits per heavy atom. The summed E-state index contributed by atoms with van der Waals surface area (Å²) in [4.78, 5) is 6.70. The molecular formula is C15H20N2O4S. The van der Waals surface area contributed by atoms with Gasteiger partial charge in [0, 0.05) is 44.0 Å². The van der Waals surface area contributed by atoms with E-state index in [1.807, 2.05) is 0 Å². The van der Waals surface area contributed by atoms with E-state index >= 15 is 0 Å². The Kier molecular flexibility index (Phi) is 3.05. The van der Waals surface area contributed by atoms with Gasteiger partial charge < -0.3 is 14.7 Å². The largest absolute Gasteiger partial charge is 0.396 e. The van der Waals surface area contributed by atoms with Crippen LogP contribution in [0.2, 0.25) is 0 Å². The molecule has 3 saturated heterocycles. The van der Waals surface area contributed by atoms with Crippen molar-refractivity contribution >= 4 is 15.7 Å². The standard InChI is InChI=1S/C15H20N2O4S/c1-22(19,20)10-2-3-14(16-6-10)17-7-12-11(8-18)13-4-5-15(12,9-17)21-13/h2-3,6,11-13,18H,4-5,7-9H2,1H3/t11-,12+,13+,15+/m1/s1. The molecule has 1 aromatic heterocycles. The Hall–Kier alpha value is -1.18. The highest BCUT2D eigenvalue weighted by molar-refractivity contribution is 7.90. The second kappa shape index (κ2) is 4.66. The molecule has 0 amide bonds. The third-order valence-corrected chi connectivity index (χ3v) is 6.57. The van der Waals surface area contributed by atoms with Crippen LogP contribution in [-0.2, 0) is 14.6 Å². The number of ether oxygens (including phenoxy) is 1. The molecule has 2 bridgehead atoms. The monoisotopic (exact) mass is 324 g/mol. The third-order valence-electron chi connectivity index (χ3n) is 5.47. The van der Waals surface area contributed by atoms with Crippen LogP contribution >= 0.6 is 0 Å². The molecule has 0 aromatic carbocycles. The molecule has 1 aromatic rings. The fourth-order valence-corrected chi connectivity index (χ4v) is 4.95. The number of aliphatic hydroxyl groups is 1. The summed E-state index contributed by atoms with van der Waals surface area (Å²) in [7, 11) is -3.22. The molecule has 4 heterocycles. The number of aromatic nitrogens is 1. The molecule has 1 N–H and O–H groups in total. The van der Waals surface area contributed by atoms with Gasteiger partial charge in [0.1, 0.15) is 5.82 Å². The fourth-order valence-electron chi connectivity index (χ4n) is 4.39. The second-order valence-corrected chi connectivity index (χ2v) is 8.73. The van der Waals surface area contributed by atoms with Crippen molar-refractivity contribution < 1.29 is 18.3 Å². The summed E-state index contributed by atoms with van der Waals surface area (Å²) in [6, 6.07) is 3.36. The van der Waals surface area contributed by atoms with E-state index in [-0.39, 0.29) is 29.1 Å². The summed E-state index contributed by atoms with van der Waals surface area (Å²) >= 11 is 0. The number of rotatable bonds is 3. The summed E-state index contributed by atoms with van der Waals surface area (Å²) in [5.41, 5.74) is -0.144. The molecule has 3 aliphatic heterocycles. The summed E-state index contributed by atoms with van der Waals surface area (Å²) in [5, 5.41) is 9.63. The highest BCUT2D eigenvalue weighted by atomic mass is 32.2. The first-order valence-corrected chi connectivity index (χ1v) is 9.52. The van der Waals surface area contributed by atoms with Crippen molar-refractivity contribution in [2.75, 3.05) is 30.9 Å². The lowest BCUT2D eigenvalue weighted by molar-refractivity contribution is 0.0128. The third kappa shape index (κ3) is 1.99. The van der Waals surface area contributed by atoms with Gasteiger partial charge in [0.25, 0.3) is 0 Å². The van der Waals surface area contributed by atoms with Crippen molar-refractivity contribution in [3.63, 3.8) is 0 Å². The minimum atomic E-state index is -3.22. The van der Waals surface area contributed by atoms with Crippen molar-refractivity contribution in [2.24, 2.45) is 11.8 Å². The number of fused-ring (bicyclic) bond motifs is 1. The predicted molar refractivity (Wildman–Crippen MR) is 80.5 cm³/mol. The van der Waals surface area contributed by atoms with Crippen LogP contribution in [0, 0.1) is 11.8 Å². The first-order valence-electron chi connectivity index (χ1n) is 7.63. The Balaban J connectivity index is 1.59. The summed E-state index contributed by atoms with van der Waals surface area (Å²) in [5.74, 6) is 1.33. The molecule has 3 aliphatic rings. The molecule has 0 aliphatic carbocycles. The molecule has 120 valence electrons. The smallest absolute Gasteiger partial charge is 0.177 e. The average molecular weight is 324 g/mol. The normalized spacial score (nSPS) is 36.8. The molecule has 6 nitrogen and oxygen atoms in total. The highest BCUT2D eigenvalue weighted by Crippen LogP contribution is 2.55. The van der Waals surface area contributed by atoms with Gasteiger partial charge in [-0.3, -0.25) is 0 Å². The number of sulfone groups is 1. The van der Waals surface area contributed by atoms with Crippen LogP contribution in [0.4, 0.5) is 5.82 Å². The maximum atomic E-state index is 11.5. The van der Waals surface area contributed by atoms with E-state index < -0.39 is 9.84 Å². The number of anilines is 1. The molecule has 4 rings (SSSR count). The summed E-state index contributed by atoms with van der Waals surface area (Å²) in [6.07, 6.45) is 4.87. The minimum Gasteiger partial charge on any atom is -0.396 e. The lowest BCUT2D eigenvalue weighted by Crippen LogP contribution is -2.37.